The van der Waals surface area contributed by atoms with E-state index < -0.39 is 17.5 Å². The minimum Gasteiger partial charge on any atom is -0.497 e. The van der Waals surface area contributed by atoms with Gasteiger partial charge in [0.25, 0.3) is 5.91 Å². The molecule has 2 heterocycles. The lowest BCUT2D eigenvalue weighted by atomic mass is 9.88. The number of anilines is 1. The highest BCUT2D eigenvalue weighted by molar-refractivity contribution is 6.10. The van der Waals surface area contributed by atoms with Gasteiger partial charge in [-0.15, -0.1) is 0 Å². The van der Waals surface area contributed by atoms with Gasteiger partial charge in [-0.1, -0.05) is 42.5 Å². The lowest BCUT2D eigenvalue weighted by molar-refractivity contribution is -0.139. The smallest absolute Gasteiger partial charge is 0.325 e. The number of amides is 4. The number of piperazine rings is 1. The van der Waals surface area contributed by atoms with Gasteiger partial charge >= 0.3 is 6.03 Å². The van der Waals surface area contributed by atoms with Gasteiger partial charge in [0.2, 0.25) is 5.91 Å². The van der Waals surface area contributed by atoms with Crippen LogP contribution in [0.3, 0.4) is 0 Å². The van der Waals surface area contributed by atoms with Crippen molar-refractivity contribution in [3.63, 3.8) is 0 Å². The number of nitrogens with zero attached hydrogens (tertiary/aromatic N) is 3. The molecule has 2 aliphatic rings. The number of ether oxygens (including phenoxy) is 1. The molecule has 0 bridgehead atoms. The number of fused-ring (bicyclic) bond motifs is 1. The summed E-state index contributed by atoms with van der Waals surface area (Å²) in [6, 6.07) is 20.7. The molecular formula is C27H28N4O4. The largest absolute Gasteiger partial charge is 0.497 e. The molecule has 1 N–H and O–H groups in total. The number of hydrogen-bond donors (Lipinski definition) is 1. The van der Waals surface area contributed by atoms with Crippen LogP contribution in [-0.2, 0) is 15.1 Å². The minimum absolute atomic E-state index is 0.231. The molecule has 3 aromatic rings. The lowest BCUT2D eigenvalue weighted by Gasteiger charge is -2.36. The number of imide groups is 1. The van der Waals surface area contributed by atoms with Crippen LogP contribution in [0, 0.1) is 0 Å². The summed E-state index contributed by atoms with van der Waals surface area (Å²) in [4.78, 5) is 44.3. The van der Waals surface area contributed by atoms with Crippen LogP contribution in [0.4, 0.5) is 10.5 Å². The second kappa shape index (κ2) is 8.94. The molecule has 8 heteroatoms. The summed E-state index contributed by atoms with van der Waals surface area (Å²) in [5.74, 6) is 0.153. The van der Waals surface area contributed by atoms with E-state index in [1.165, 1.54) is 0 Å². The van der Waals surface area contributed by atoms with Crippen molar-refractivity contribution in [2.75, 3.05) is 44.7 Å². The van der Waals surface area contributed by atoms with Crippen LogP contribution in [0.2, 0.25) is 0 Å². The third-order valence-electron chi connectivity index (χ3n) is 6.97. The molecule has 2 aliphatic heterocycles. The summed E-state index contributed by atoms with van der Waals surface area (Å²) in [6.45, 7) is 3.82. The van der Waals surface area contributed by atoms with E-state index in [4.69, 9.17) is 4.74 Å². The number of nitrogens with one attached hydrogen (secondary N) is 1. The zero-order valence-corrected chi connectivity index (χ0v) is 19.9. The monoisotopic (exact) mass is 472 g/mol. The Labute approximate surface area is 204 Å². The molecule has 0 saturated carbocycles. The Morgan fingerprint density at radius 2 is 1.63 bits per heavy atom. The summed E-state index contributed by atoms with van der Waals surface area (Å²) in [5, 5.41) is 4.71. The molecule has 8 nitrogen and oxygen atoms in total. The maximum atomic E-state index is 13.4. The standard InChI is InChI=1S/C27H28N4O4/c1-27(23-9-5-7-19-6-3-4-8-22(19)23)25(33)31(26(34)28-27)18-24(32)30-16-14-29(15-17-30)20-10-12-21(35-2)13-11-20/h3-13H,14-18H2,1-2H3,(H,28,34). The Morgan fingerprint density at radius 3 is 2.34 bits per heavy atom. The predicted molar refractivity (Wildman–Crippen MR) is 133 cm³/mol. The number of hydrogen-bond acceptors (Lipinski definition) is 5. The highest BCUT2D eigenvalue weighted by atomic mass is 16.5. The van der Waals surface area contributed by atoms with Crippen molar-refractivity contribution in [2.45, 2.75) is 12.5 Å². The zero-order valence-electron chi connectivity index (χ0n) is 19.9. The first-order valence-corrected chi connectivity index (χ1v) is 11.7. The average molecular weight is 473 g/mol. The van der Waals surface area contributed by atoms with Crippen molar-refractivity contribution >= 4 is 34.3 Å². The van der Waals surface area contributed by atoms with Gasteiger partial charge in [-0.05, 0) is 47.5 Å². The average Bonchev–Trinajstić information content (AvgIpc) is 3.12. The van der Waals surface area contributed by atoms with Crippen LogP contribution in [0.5, 0.6) is 5.75 Å². The van der Waals surface area contributed by atoms with Gasteiger partial charge in [0.15, 0.2) is 0 Å². The first-order valence-electron chi connectivity index (χ1n) is 11.7. The Morgan fingerprint density at radius 1 is 0.943 bits per heavy atom. The summed E-state index contributed by atoms with van der Waals surface area (Å²) in [6.07, 6.45) is 0. The first-order chi connectivity index (χ1) is 16.9. The number of carbonyl (C=O) groups excluding carboxylic acids is 3. The number of urea groups is 1. The molecule has 0 spiro atoms. The maximum absolute atomic E-state index is 13.4. The fraction of sp³-hybridized carbons (Fsp3) is 0.296. The van der Waals surface area contributed by atoms with Gasteiger partial charge in [-0.3, -0.25) is 14.5 Å². The number of rotatable bonds is 5. The van der Waals surface area contributed by atoms with Gasteiger partial charge in [0, 0.05) is 31.9 Å². The zero-order chi connectivity index (χ0) is 24.6. The number of methoxy groups -OCH3 is 1. The predicted octanol–water partition coefficient (Wildman–Crippen LogP) is 2.96. The second-order valence-corrected chi connectivity index (χ2v) is 9.04. The van der Waals surface area contributed by atoms with E-state index in [1.54, 1.807) is 18.9 Å². The van der Waals surface area contributed by atoms with Crippen molar-refractivity contribution in [2.24, 2.45) is 0 Å². The summed E-state index contributed by atoms with van der Waals surface area (Å²) in [5.41, 5.74) is 0.556. The highest BCUT2D eigenvalue weighted by Gasteiger charge is 2.50. The van der Waals surface area contributed by atoms with E-state index >= 15 is 0 Å². The van der Waals surface area contributed by atoms with Gasteiger partial charge in [-0.2, -0.15) is 0 Å². The molecule has 3 aromatic carbocycles. The van der Waals surface area contributed by atoms with E-state index in [0.29, 0.717) is 26.2 Å². The van der Waals surface area contributed by atoms with Gasteiger partial charge in [0.1, 0.15) is 17.8 Å². The van der Waals surface area contributed by atoms with E-state index in [1.807, 2.05) is 66.7 Å². The van der Waals surface area contributed by atoms with Crippen LogP contribution in [-0.4, -0.2) is 67.5 Å². The van der Waals surface area contributed by atoms with Crippen LogP contribution >= 0.6 is 0 Å². The van der Waals surface area contributed by atoms with Gasteiger partial charge < -0.3 is 19.9 Å². The van der Waals surface area contributed by atoms with E-state index in [9.17, 15) is 14.4 Å². The number of benzene rings is 3. The molecule has 0 aliphatic carbocycles. The van der Waals surface area contributed by atoms with E-state index in [0.717, 1.165) is 32.7 Å². The Balaban J connectivity index is 1.26. The minimum atomic E-state index is -1.23. The molecule has 35 heavy (non-hydrogen) atoms. The lowest BCUT2D eigenvalue weighted by Crippen LogP contribution is -2.52. The molecule has 0 aromatic heterocycles. The van der Waals surface area contributed by atoms with Crippen LogP contribution in [0.1, 0.15) is 12.5 Å². The van der Waals surface area contributed by atoms with Crippen molar-refractivity contribution in [3.8, 4) is 5.75 Å². The Kier molecular flexibility index (Phi) is 5.80. The number of carbonyl (C=O) groups is 3. The topological polar surface area (TPSA) is 82.2 Å². The van der Waals surface area contributed by atoms with Crippen molar-refractivity contribution in [3.05, 3.63) is 72.3 Å². The molecule has 2 saturated heterocycles. The molecule has 1 unspecified atom stereocenters. The molecule has 180 valence electrons. The Hall–Kier alpha value is -4.07. The third-order valence-corrected chi connectivity index (χ3v) is 6.97. The van der Waals surface area contributed by atoms with Crippen LogP contribution < -0.4 is 15.0 Å². The molecular weight excluding hydrogens is 444 g/mol. The molecule has 0 radical (unpaired) electrons. The first kappa shape index (κ1) is 22.7. The fourth-order valence-corrected chi connectivity index (χ4v) is 4.93. The van der Waals surface area contributed by atoms with Crippen LogP contribution in [0.25, 0.3) is 10.8 Å². The second-order valence-electron chi connectivity index (χ2n) is 9.04. The summed E-state index contributed by atoms with van der Waals surface area (Å²) >= 11 is 0. The molecule has 4 amide bonds. The SMILES string of the molecule is COc1ccc(N2CCN(C(=O)CN3C(=O)NC(C)(c4cccc5ccccc45)C3=O)CC2)cc1. The van der Waals surface area contributed by atoms with E-state index in [-0.39, 0.29) is 12.5 Å². The molecule has 2 fully saturated rings. The van der Waals surface area contributed by atoms with Crippen molar-refractivity contribution < 1.29 is 19.1 Å². The fourth-order valence-electron chi connectivity index (χ4n) is 4.93. The molecule has 5 rings (SSSR count). The normalized spacial score (nSPS) is 20.3. The Bertz CT molecular complexity index is 1280. The third kappa shape index (κ3) is 4.05. The highest BCUT2D eigenvalue weighted by Crippen LogP contribution is 2.34. The summed E-state index contributed by atoms with van der Waals surface area (Å²) < 4.78 is 5.21. The van der Waals surface area contributed by atoms with Crippen molar-refractivity contribution in [1.29, 1.82) is 0 Å². The van der Waals surface area contributed by atoms with Crippen LogP contribution in [0.15, 0.2) is 66.7 Å². The van der Waals surface area contributed by atoms with Gasteiger partial charge in [0.05, 0.1) is 7.11 Å². The maximum Gasteiger partial charge on any atom is 0.325 e. The van der Waals surface area contributed by atoms with Gasteiger partial charge in [-0.25, -0.2) is 4.79 Å². The quantitative estimate of drug-likeness (QED) is 0.578. The van der Waals surface area contributed by atoms with E-state index in [2.05, 4.69) is 10.2 Å². The molecule has 1 atom stereocenters. The van der Waals surface area contributed by atoms with Crippen molar-refractivity contribution in [1.82, 2.24) is 15.1 Å². The summed E-state index contributed by atoms with van der Waals surface area (Å²) in [7, 11) is 1.63.